The molecule has 1 aliphatic heterocycles. The van der Waals surface area contributed by atoms with Gasteiger partial charge in [-0.3, -0.25) is 0 Å². The molecule has 0 spiro atoms. The zero-order chi connectivity index (χ0) is 22.1. The Balaban J connectivity index is 2.13. The topological polar surface area (TPSA) is 77.7 Å². The summed E-state index contributed by atoms with van der Waals surface area (Å²) in [5, 5.41) is 0. The van der Waals surface area contributed by atoms with Crippen LogP contribution in [0.15, 0.2) is 30.3 Å². The van der Waals surface area contributed by atoms with Gasteiger partial charge in [-0.1, -0.05) is 85.7 Å². The number of rotatable bonds is 6. The lowest BCUT2D eigenvalue weighted by molar-refractivity contribution is -0.269. The summed E-state index contributed by atoms with van der Waals surface area (Å²) in [5.41, 5.74) is 0.128. The van der Waals surface area contributed by atoms with Gasteiger partial charge < -0.3 is 0 Å². The average molecular weight is 407 g/mol. The Morgan fingerprint density at radius 3 is 1.90 bits per heavy atom. The molecule has 0 radical (unpaired) electrons. The molecule has 0 aromatic heterocycles. The van der Waals surface area contributed by atoms with Crippen LogP contribution in [0, 0.1) is 16.7 Å². The van der Waals surface area contributed by atoms with Crippen LogP contribution in [0.3, 0.4) is 0 Å². The van der Waals surface area contributed by atoms with E-state index in [1.165, 1.54) is 0 Å². The van der Waals surface area contributed by atoms with Crippen LogP contribution in [0.4, 0.5) is 0 Å². The first kappa shape index (κ1) is 23.4. The summed E-state index contributed by atoms with van der Waals surface area (Å²) in [4.78, 5) is 45.0. The van der Waals surface area contributed by atoms with E-state index in [0.717, 1.165) is 5.56 Å². The fourth-order valence-corrected chi connectivity index (χ4v) is 3.46. The van der Waals surface area contributed by atoms with Crippen LogP contribution in [0.25, 0.3) is 0 Å². The lowest BCUT2D eigenvalue weighted by Gasteiger charge is -2.36. The summed E-state index contributed by atoms with van der Waals surface area (Å²) in [6.45, 7) is 16.0. The largest absolute Gasteiger partial charge is 0.420 e. The van der Waals surface area contributed by atoms with Crippen molar-refractivity contribution in [2.75, 3.05) is 0 Å². The van der Waals surface area contributed by atoms with Crippen molar-refractivity contribution in [3.05, 3.63) is 35.9 Å². The monoisotopic (exact) mass is 406 g/mol. The summed E-state index contributed by atoms with van der Waals surface area (Å²) in [6.07, 6.45) is 0.850. The molecule has 1 aromatic carbocycles. The quantitative estimate of drug-likeness (QED) is 0.371. The highest BCUT2D eigenvalue weighted by Crippen LogP contribution is 2.43. The second-order valence-electron chi connectivity index (χ2n) is 10.8. The van der Waals surface area contributed by atoms with Gasteiger partial charge in [-0.25, -0.2) is 19.4 Å². The molecule has 0 bridgehead atoms. The summed E-state index contributed by atoms with van der Waals surface area (Å²) in [5.74, 6) is -3.45. The Morgan fingerprint density at radius 1 is 0.897 bits per heavy atom. The molecule has 0 amide bonds. The van der Waals surface area contributed by atoms with Gasteiger partial charge in [0.05, 0.1) is 5.92 Å². The Labute approximate surface area is 173 Å². The van der Waals surface area contributed by atoms with Crippen molar-refractivity contribution < 1.29 is 29.1 Å². The van der Waals surface area contributed by atoms with Crippen LogP contribution in [-0.4, -0.2) is 17.7 Å². The molecular formula is C23H34O6. The lowest BCUT2D eigenvalue weighted by Crippen LogP contribution is -2.40. The van der Waals surface area contributed by atoms with Crippen LogP contribution < -0.4 is 0 Å². The Bertz CT molecular complexity index is 720. The van der Waals surface area contributed by atoms with Gasteiger partial charge >= 0.3 is 17.7 Å². The number of carbonyl (C=O) groups is 2. The van der Waals surface area contributed by atoms with Crippen LogP contribution in [0.2, 0.25) is 0 Å². The van der Waals surface area contributed by atoms with E-state index in [2.05, 4.69) is 20.8 Å². The molecule has 1 aliphatic rings. The molecule has 29 heavy (non-hydrogen) atoms. The molecule has 0 saturated carbocycles. The van der Waals surface area contributed by atoms with Crippen LogP contribution in [-0.2, 0) is 34.6 Å². The van der Waals surface area contributed by atoms with Gasteiger partial charge in [0.25, 0.3) is 0 Å². The molecule has 1 aromatic rings. The van der Waals surface area contributed by atoms with Gasteiger partial charge in [-0.2, -0.15) is 9.78 Å². The molecular weight excluding hydrogens is 372 g/mol. The van der Waals surface area contributed by atoms with Crippen LogP contribution in [0.1, 0.15) is 73.8 Å². The van der Waals surface area contributed by atoms with E-state index in [0.29, 0.717) is 6.42 Å². The number of benzene rings is 1. The van der Waals surface area contributed by atoms with E-state index in [9.17, 15) is 9.59 Å². The normalized spacial score (nSPS) is 17.4. The minimum atomic E-state index is -1.49. The van der Waals surface area contributed by atoms with Crippen LogP contribution in [0.5, 0.6) is 0 Å². The van der Waals surface area contributed by atoms with E-state index in [1.807, 2.05) is 65.0 Å². The number of hydrogen-bond donors (Lipinski definition) is 0. The van der Waals surface area contributed by atoms with Crippen molar-refractivity contribution in [3.8, 4) is 0 Å². The fourth-order valence-electron chi connectivity index (χ4n) is 3.46. The maximum Gasteiger partial charge on any atom is 0.420 e. The first-order valence-electron chi connectivity index (χ1n) is 10.0. The van der Waals surface area contributed by atoms with E-state index in [-0.39, 0.29) is 17.3 Å². The maximum absolute atomic E-state index is 13.0. The van der Waals surface area contributed by atoms with E-state index >= 15 is 0 Å². The predicted molar refractivity (Wildman–Crippen MR) is 108 cm³/mol. The maximum atomic E-state index is 13.0. The highest BCUT2D eigenvalue weighted by Gasteiger charge is 2.61. The van der Waals surface area contributed by atoms with Gasteiger partial charge in [-0.05, 0) is 22.8 Å². The van der Waals surface area contributed by atoms with Gasteiger partial charge in [0.15, 0.2) is 0 Å². The average Bonchev–Trinajstić information content (AvgIpc) is 3.36. The van der Waals surface area contributed by atoms with Gasteiger partial charge in [-0.15, -0.1) is 0 Å². The van der Waals surface area contributed by atoms with Crippen molar-refractivity contribution >= 4 is 11.9 Å². The zero-order valence-electron chi connectivity index (χ0n) is 18.8. The molecule has 0 aliphatic carbocycles. The summed E-state index contributed by atoms with van der Waals surface area (Å²) in [7, 11) is 0. The zero-order valence-corrected chi connectivity index (χ0v) is 18.8. The molecule has 1 unspecified atom stereocenters. The standard InChI is InChI=1S/C23H34O6/c1-20(2,3)14-17(22(7,8)16-12-10-9-11-13-16)18(24)26-27-19(25)23(28-29-23)15-21(4,5)6/h9-13,17H,14-15H2,1-8H3. The molecule has 1 atom stereocenters. The van der Waals surface area contributed by atoms with E-state index in [1.54, 1.807) is 0 Å². The third-order valence-electron chi connectivity index (χ3n) is 5.05. The van der Waals surface area contributed by atoms with Crippen molar-refractivity contribution in [2.45, 2.75) is 79.4 Å². The number of hydrogen-bond acceptors (Lipinski definition) is 6. The second kappa shape index (κ2) is 8.07. The SMILES string of the molecule is CC(C)(C)CC(C(=O)OOC(=O)C1(CC(C)(C)C)OO1)C(C)(C)c1ccccc1. The summed E-state index contributed by atoms with van der Waals surface area (Å²) < 4.78 is 0. The van der Waals surface area contributed by atoms with Crippen molar-refractivity contribution in [3.63, 3.8) is 0 Å². The first-order chi connectivity index (χ1) is 13.2. The Kier molecular flexibility index (Phi) is 6.50. The van der Waals surface area contributed by atoms with Crippen molar-refractivity contribution in [2.24, 2.45) is 16.7 Å². The molecule has 2 rings (SSSR count). The van der Waals surface area contributed by atoms with E-state index in [4.69, 9.17) is 19.6 Å². The van der Waals surface area contributed by atoms with Crippen LogP contribution >= 0.6 is 0 Å². The highest BCUT2D eigenvalue weighted by molar-refractivity contribution is 5.80. The first-order valence-corrected chi connectivity index (χ1v) is 10.0. The highest BCUT2D eigenvalue weighted by atomic mass is 17.4. The third kappa shape index (κ3) is 6.28. The van der Waals surface area contributed by atoms with Crippen molar-refractivity contribution in [1.29, 1.82) is 0 Å². The molecule has 162 valence electrons. The second-order valence-corrected chi connectivity index (χ2v) is 10.8. The molecule has 6 heteroatoms. The summed E-state index contributed by atoms with van der Waals surface area (Å²) >= 11 is 0. The third-order valence-corrected chi connectivity index (χ3v) is 5.05. The molecule has 1 saturated heterocycles. The fraction of sp³-hybridized carbons (Fsp3) is 0.652. The molecule has 1 heterocycles. The molecule has 6 nitrogen and oxygen atoms in total. The molecule has 1 fully saturated rings. The smallest absolute Gasteiger partial charge is 0.247 e. The Morgan fingerprint density at radius 2 is 1.45 bits per heavy atom. The minimum absolute atomic E-state index is 0.129. The van der Waals surface area contributed by atoms with Gasteiger partial charge in [0.1, 0.15) is 0 Å². The Hall–Kier alpha value is -1.92. The number of carbonyl (C=O) groups excluding carboxylic acids is 2. The van der Waals surface area contributed by atoms with E-state index < -0.39 is 29.1 Å². The van der Waals surface area contributed by atoms with Gasteiger partial charge in [0, 0.05) is 11.8 Å². The van der Waals surface area contributed by atoms with Crippen molar-refractivity contribution in [1.82, 2.24) is 0 Å². The molecule has 0 N–H and O–H groups in total. The minimum Gasteiger partial charge on any atom is -0.247 e. The van der Waals surface area contributed by atoms with Gasteiger partial charge in [0.2, 0.25) is 0 Å². The summed E-state index contributed by atoms with van der Waals surface area (Å²) in [6, 6.07) is 9.78. The lowest BCUT2D eigenvalue weighted by atomic mass is 9.68. The predicted octanol–water partition coefficient (Wildman–Crippen LogP) is 5.11.